The first-order chi connectivity index (χ1) is 7.87. The number of carbonyl (C=O) groups is 1. The fraction of sp³-hybridized carbons (Fsp3) is 0.929. The van der Waals surface area contributed by atoms with E-state index in [1.54, 1.807) is 0 Å². The predicted molar refractivity (Wildman–Crippen MR) is 71.7 cm³/mol. The number of amides is 1. The molecule has 3 heteroatoms. The molecule has 0 spiro atoms. The zero-order valence-electron chi connectivity index (χ0n) is 11.8. The summed E-state index contributed by atoms with van der Waals surface area (Å²) in [6.45, 7) is 6.69. The maximum absolute atomic E-state index is 12.1. The van der Waals surface area contributed by atoms with Crippen molar-refractivity contribution in [2.24, 2.45) is 11.1 Å². The van der Waals surface area contributed by atoms with Crippen LogP contribution >= 0.6 is 0 Å². The molecule has 17 heavy (non-hydrogen) atoms. The van der Waals surface area contributed by atoms with E-state index in [-0.39, 0.29) is 11.9 Å². The van der Waals surface area contributed by atoms with Crippen LogP contribution in [0, 0.1) is 5.41 Å². The molecule has 0 radical (unpaired) electrons. The zero-order valence-corrected chi connectivity index (χ0v) is 11.8. The number of nitrogens with two attached hydrogens (primary N) is 1. The third-order valence-corrected chi connectivity index (χ3v) is 4.12. The Hall–Kier alpha value is -0.570. The molecule has 2 N–H and O–H groups in total. The lowest BCUT2D eigenvalue weighted by atomic mass is 9.75. The van der Waals surface area contributed by atoms with E-state index < -0.39 is 0 Å². The second kappa shape index (κ2) is 5.85. The lowest BCUT2D eigenvalue weighted by molar-refractivity contribution is -0.134. The number of likely N-dealkylation sites (N-methyl/N-ethyl adjacent to an activating group) is 1. The molecule has 0 heterocycles. The van der Waals surface area contributed by atoms with Crippen LogP contribution in [-0.2, 0) is 4.79 Å². The lowest BCUT2D eigenvalue weighted by Gasteiger charge is -2.39. The van der Waals surface area contributed by atoms with E-state index in [0.717, 1.165) is 25.7 Å². The van der Waals surface area contributed by atoms with Crippen molar-refractivity contribution in [3.63, 3.8) is 0 Å². The van der Waals surface area contributed by atoms with Crippen molar-refractivity contribution < 1.29 is 4.79 Å². The van der Waals surface area contributed by atoms with Crippen LogP contribution in [0.25, 0.3) is 0 Å². The summed E-state index contributed by atoms with van der Waals surface area (Å²) in [5.74, 6) is 0.122. The standard InChI is InChI=1S/C14H28N2O/c1-5-6-12(15)13(17)16(4)11-7-9-14(2,3)10-8-11/h11-12H,5-10,15H2,1-4H3/t12-/m0/s1. The third kappa shape index (κ3) is 3.98. The quantitative estimate of drug-likeness (QED) is 0.821. The first-order valence-electron chi connectivity index (χ1n) is 6.89. The molecule has 3 nitrogen and oxygen atoms in total. The Morgan fingerprint density at radius 3 is 2.41 bits per heavy atom. The molecule has 0 aromatic carbocycles. The SMILES string of the molecule is CCC[C@H](N)C(=O)N(C)C1CCC(C)(C)CC1. The maximum Gasteiger partial charge on any atom is 0.239 e. The minimum absolute atomic E-state index is 0.122. The molecule has 1 atom stereocenters. The Morgan fingerprint density at radius 1 is 1.41 bits per heavy atom. The molecular formula is C14H28N2O. The molecule has 1 amide bonds. The molecular weight excluding hydrogens is 212 g/mol. The summed E-state index contributed by atoms with van der Waals surface area (Å²) in [4.78, 5) is 14.0. The topological polar surface area (TPSA) is 46.3 Å². The van der Waals surface area contributed by atoms with E-state index in [2.05, 4.69) is 20.8 Å². The molecule has 0 unspecified atom stereocenters. The van der Waals surface area contributed by atoms with Gasteiger partial charge in [-0.2, -0.15) is 0 Å². The van der Waals surface area contributed by atoms with Crippen molar-refractivity contribution in [2.75, 3.05) is 7.05 Å². The molecule has 1 fully saturated rings. The minimum Gasteiger partial charge on any atom is -0.341 e. The molecule has 0 aliphatic heterocycles. The van der Waals surface area contributed by atoms with E-state index in [1.165, 1.54) is 12.8 Å². The Morgan fingerprint density at radius 2 is 1.94 bits per heavy atom. The maximum atomic E-state index is 12.1. The average molecular weight is 240 g/mol. The molecule has 1 saturated carbocycles. The molecule has 0 aromatic rings. The van der Waals surface area contributed by atoms with Gasteiger partial charge in [0, 0.05) is 13.1 Å². The van der Waals surface area contributed by atoms with Crippen LogP contribution in [0.15, 0.2) is 0 Å². The van der Waals surface area contributed by atoms with Crippen LogP contribution in [0.1, 0.15) is 59.3 Å². The van der Waals surface area contributed by atoms with Crippen LogP contribution in [0.2, 0.25) is 0 Å². The van der Waals surface area contributed by atoms with Gasteiger partial charge in [0.2, 0.25) is 5.91 Å². The summed E-state index contributed by atoms with van der Waals surface area (Å²) in [5.41, 5.74) is 6.35. The van der Waals surface area contributed by atoms with E-state index in [0.29, 0.717) is 11.5 Å². The van der Waals surface area contributed by atoms with E-state index in [1.807, 2.05) is 11.9 Å². The largest absolute Gasteiger partial charge is 0.341 e. The fourth-order valence-corrected chi connectivity index (χ4v) is 2.65. The van der Waals surface area contributed by atoms with Gasteiger partial charge >= 0.3 is 0 Å². The van der Waals surface area contributed by atoms with Gasteiger partial charge in [0.05, 0.1) is 6.04 Å². The van der Waals surface area contributed by atoms with Gasteiger partial charge in [-0.15, -0.1) is 0 Å². The normalized spacial score (nSPS) is 22.2. The first-order valence-corrected chi connectivity index (χ1v) is 6.89. The predicted octanol–water partition coefficient (Wildman–Crippen LogP) is 2.54. The third-order valence-electron chi connectivity index (χ3n) is 4.12. The molecule has 0 saturated heterocycles. The summed E-state index contributed by atoms with van der Waals surface area (Å²) < 4.78 is 0. The summed E-state index contributed by atoms with van der Waals surface area (Å²) in [7, 11) is 1.92. The second-order valence-corrected chi connectivity index (χ2v) is 6.24. The van der Waals surface area contributed by atoms with Gasteiger partial charge in [0.1, 0.15) is 0 Å². The average Bonchev–Trinajstić information content (AvgIpc) is 2.27. The zero-order chi connectivity index (χ0) is 13.1. The van der Waals surface area contributed by atoms with Crippen LogP contribution in [-0.4, -0.2) is 29.9 Å². The van der Waals surface area contributed by atoms with Crippen LogP contribution < -0.4 is 5.73 Å². The van der Waals surface area contributed by atoms with Crippen molar-refractivity contribution in [3.05, 3.63) is 0 Å². The Balaban J connectivity index is 2.48. The van der Waals surface area contributed by atoms with Crippen molar-refractivity contribution in [3.8, 4) is 0 Å². The van der Waals surface area contributed by atoms with Crippen LogP contribution in [0.3, 0.4) is 0 Å². The highest BCUT2D eigenvalue weighted by atomic mass is 16.2. The van der Waals surface area contributed by atoms with E-state index in [9.17, 15) is 4.79 Å². The fourth-order valence-electron chi connectivity index (χ4n) is 2.65. The van der Waals surface area contributed by atoms with Gasteiger partial charge in [0.25, 0.3) is 0 Å². The lowest BCUT2D eigenvalue weighted by Crippen LogP contribution is -2.48. The summed E-state index contributed by atoms with van der Waals surface area (Å²) in [6.07, 6.45) is 6.42. The summed E-state index contributed by atoms with van der Waals surface area (Å²) in [5, 5.41) is 0. The number of hydrogen-bond donors (Lipinski definition) is 1. The molecule has 0 aromatic heterocycles. The Bertz CT molecular complexity index is 253. The van der Waals surface area contributed by atoms with E-state index >= 15 is 0 Å². The molecule has 100 valence electrons. The molecule has 1 rings (SSSR count). The smallest absolute Gasteiger partial charge is 0.239 e. The minimum atomic E-state index is -0.306. The van der Waals surface area contributed by atoms with Gasteiger partial charge in [-0.3, -0.25) is 4.79 Å². The van der Waals surface area contributed by atoms with Gasteiger partial charge in [-0.05, 0) is 37.5 Å². The number of nitrogens with zero attached hydrogens (tertiary/aromatic N) is 1. The number of rotatable bonds is 4. The monoisotopic (exact) mass is 240 g/mol. The van der Waals surface area contributed by atoms with E-state index in [4.69, 9.17) is 5.73 Å². The van der Waals surface area contributed by atoms with Crippen LogP contribution in [0.4, 0.5) is 0 Å². The van der Waals surface area contributed by atoms with Gasteiger partial charge in [-0.1, -0.05) is 27.2 Å². The van der Waals surface area contributed by atoms with Crippen LogP contribution in [0.5, 0.6) is 0 Å². The summed E-state index contributed by atoms with van der Waals surface area (Å²) in [6, 6.07) is 0.0957. The number of hydrogen-bond acceptors (Lipinski definition) is 2. The Labute approximate surface area is 106 Å². The number of carbonyl (C=O) groups excluding carboxylic acids is 1. The van der Waals surface area contributed by atoms with Crippen molar-refractivity contribution in [1.82, 2.24) is 4.90 Å². The van der Waals surface area contributed by atoms with Crippen molar-refractivity contribution >= 4 is 5.91 Å². The molecule has 0 bridgehead atoms. The second-order valence-electron chi connectivity index (χ2n) is 6.24. The van der Waals surface area contributed by atoms with Gasteiger partial charge in [0.15, 0.2) is 0 Å². The van der Waals surface area contributed by atoms with Gasteiger partial charge < -0.3 is 10.6 Å². The molecule has 1 aliphatic carbocycles. The van der Waals surface area contributed by atoms with Crippen molar-refractivity contribution in [2.45, 2.75) is 71.4 Å². The first kappa shape index (κ1) is 14.5. The highest BCUT2D eigenvalue weighted by Gasteiger charge is 2.31. The highest BCUT2D eigenvalue weighted by molar-refractivity contribution is 5.81. The van der Waals surface area contributed by atoms with Gasteiger partial charge in [-0.25, -0.2) is 0 Å². The van der Waals surface area contributed by atoms with Crippen molar-refractivity contribution in [1.29, 1.82) is 0 Å². The summed E-state index contributed by atoms with van der Waals surface area (Å²) >= 11 is 0. The Kier molecular flexibility index (Phi) is 4.99. The molecule has 1 aliphatic rings. The highest BCUT2D eigenvalue weighted by Crippen LogP contribution is 2.36.